The van der Waals surface area contributed by atoms with Gasteiger partial charge in [-0.15, -0.1) is 0 Å². The van der Waals surface area contributed by atoms with Crippen LogP contribution in [-0.2, 0) is 26.0 Å². The van der Waals surface area contributed by atoms with Gasteiger partial charge in [-0.1, -0.05) is 61.2 Å². The Bertz CT molecular complexity index is 1160. The van der Waals surface area contributed by atoms with Gasteiger partial charge in [-0.2, -0.15) is 0 Å². The molecule has 0 aliphatic heterocycles. The number of carbonyl (C=O) groups is 2. The van der Waals surface area contributed by atoms with Gasteiger partial charge in [-0.25, -0.2) is 12.8 Å². The molecule has 2 aromatic rings. The van der Waals surface area contributed by atoms with Crippen LogP contribution in [0.15, 0.2) is 48.5 Å². The summed E-state index contributed by atoms with van der Waals surface area (Å²) in [6.07, 6.45) is 6.53. The molecule has 36 heavy (non-hydrogen) atoms. The number of carbonyl (C=O) groups excluding carboxylic acids is 2. The summed E-state index contributed by atoms with van der Waals surface area (Å²) < 4.78 is 39.7. The van der Waals surface area contributed by atoms with Crippen LogP contribution < -0.4 is 9.62 Å². The van der Waals surface area contributed by atoms with Crippen LogP contribution in [0, 0.1) is 5.82 Å². The van der Waals surface area contributed by atoms with Crippen molar-refractivity contribution in [2.75, 3.05) is 23.7 Å². The van der Waals surface area contributed by atoms with E-state index in [1.54, 1.807) is 6.92 Å². The van der Waals surface area contributed by atoms with E-state index in [0.29, 0.717) is 6.42 Å². The van der Waals surface area contributed by atoms with E-state index >= 15 is 0 Å². The molecule has 7 nitrogen and oxygen atoms in total. The van der Waals surface area contributed by atoms with E-state index in [9.17, 15) is 22.4 Å². The maximum absolute atomic E-state index is 13.7. The fourth-order valence-electron chi connectivity index (χ4n) is 4.39. The van der Waals surface area contributed by atoms with Crippen molar-refractivity contribution in [3.8, 4) is 0 Å². The third-order valence-electron chi connectivity index (χ3n) is 6.47. The van der Waals surface area contributed by atoms with Crippen LogP contribution in [0.1, 0.15) is 44.6 Å². The van der Waals surface area contributed by atoms with Crippen molar-refractivity contribution in [1.82, 2.24) is 10.2 Å². The standard InChI is InChI=1S/C26H33ClFN3O4S/c1-19(26(33)29-21-11-7-4-8-12-21)30(16-15-20-9-5-3-6-10-20)25(32)18-31(36(2,34)35)22-13-14-24(28)23(27)17-22/h3,5-6,9-10,13-14,17,19,21H,4,7-8,11-12,15-16,18H2,1-2H3,(H,29,33)/t19-/m1/s1. The second-order valence-electron chi connectivity index (χ2n) is 9.21. The predicted octanol–water partition coefficient (Wildman–Crippen LogP) is 4.15. The third-order valence-corrected chi connectivity index (χ3v) is 7.90. The summed E-state index contributed by atoms with van der Waals surface area (Å²) >= 11 is 5.86. The van der Waals surface area contributed by atoms with Crippen LogP contribution in [-0.4, -0.2) is 56.6 Å². The zero-order valence-electron chi connectivity index (χ0n) is 20.6. The fourth-order valence-corrected chi connectivity index (χ4v) is 5.41. The van der Waals surface area contributed by atoms with Crippen molar-refractivity contribution >= 4 is 39.1 Å². The van der Waals surface area contributed by atoms with Crippen molar-refractivity contribution in [2.45, 2.75) is 57.5 Å². The Morgan fingerprint density at radius 2 is 1.78 bits per heavy atom. The first-order valence-corrected chi connectivity index (χ1v) is 14.4. The molecule has 3 rings (SSSR count). The van der Waals surface area contributed by atoms with Gasteiger partial charge in [0, 0.05) is 12.6 Å². The summed E-state index contributed by atoms with van der Waals surface area (Å²) in [5.41, 5.74) is 1.06. The third kappa shape index (κ3) is 7.67. The van der Waals surface area contributed by atoms with E-state index in [4.69, 9.17) is 11.6 Å². The Kier molecular flexibility index (Phi) is 9.73. The monoisotopic (exact) mass is 537 g/mol. The zero-order chi connectivity index (χ0) is 26.3. The molecule has 1 aliphatic rings. The first kappa shape index (κ1) is 27.9. The number of hydrogen-bond acceptors (Lipinski definition) is 4. The maximum Gasteiger partial charge on any atom is 0.244 e. The molecule has 0 aromatic heterocycles. The molecule has 2 aromatic carbocycles. The average Bonchev–Trinajstić information content (AvgIpc) is 2.85. The number of anilines is 1. The Hall–Kier alpha value is -2.65. The number of nitrogens with zero attached hydrogens (tertiary/aromatic N) is 2. The molecule has 0 spiro atoms. The van der Waals surface area contributed by atoms with E-state index in [1.165, 1.54) is 17.0 Å². The number of amides is 2. The molecular formula is C26H33ClFN3O4S. The van der Waals surface area contributed by atoms with Crippen LogP contribution in [0.25, 0.3) is 0 Å². The highest BCUT2D eigenvalue weighted by atomic mass is 35.5. The molecule has 196 valence electrons. The summed E-state index contributed by atoms with van der Waals surface area (Å²) in [7, 11) is -3.91. The molecule has 1 fully saturated rings. The lowest BCUT2D eigenvalue weighted by Crippen LogP contribution is -2.53. The largest absolute Gasteiger partial charge is 0.352 e. The highest BCUT2D eigenvalue weighted by Crippen LogP contribution is 2.25. The van der Waals surface area contributed by atoms with E-state index < -0.39 is 34.3 Å². The topological polar surface area (TPSA) is 86.8 Å². The van der Waals surface area contributed by atoms with E-state index in [1.807, 2.05) is 30.3 Å². The van der Waals surface area contributed by atoms with Crippen molar-refractivity contribution in [3.05, 3.63) is 64.9 Å². The van der Waals surface area contributed by atoms with Crippen molar-refractivity contribution < 1.29 is 22.4 Å². The van der Waals surface area contributed by atoms with Gasteiger partial charge in [-0.05, 0) is 49.9 Å². The van der Waals surface area contributed by atoms with Gasteiger partial charge < -0.3 is 10.2 Å². The number of nitrogens with one attached hydrogen (secondary N) is 1. The number of benzene rings is 2. The lowest BCUT2D eigenvalue weighted by molar-refractivity contribution is -0.139. The molecule has 1 saturated carbocycles. The minimum atomic E-state index is -3.91. The molecule has 0 bridgehead atoms. The Labute approximate surface area is 217 Å². The maximum atomic E-state index is 13.7. The molecule has 10 heteroatoms. The normalized spacial score (nSPS) is 15.2. The summed E-state index contributed by atoms with van der Waals surface area (Å²) in [5.74, 6) is -1.50. The fraction of sp³-hybridized carbons (Fsp3) is 0.462. The minimum Gasteiger partial charge on any atom is -0.352 e. The van der Waals surface area contributed by atoms with Crippen LogP contribution in [0.5, 0.6) is 0 Å². The number of sulfonamides is 1. The average molecular weight is 538 g/mol. The number of halogens is 2. The number of hydrogen-bond donors (Lipinski definition) is 1. The highest BCUT2D eigenvalue weighted by Gasteiger charge is 2.31. The Morgan fingerprint density at radius 1 is 1.11 bits per heavy atom. The molecule has 1 atom stereocenters. The van der Waals surface area contributed by atoms with Crippen LogP contribution in [0.3, 0.4) is 0 Å². The molecule has 0 heterocycles. The second-order valence-corrected chi connectivity index (χ2v) is 11.5. The Balaban J connectivity index is 1.82. The summed E-state index contributed by atoms with van der Waals surface area (Å²) in [5, 5.41) is 2.80. The van der Waals surface area contributed by atoms with Crippen molar-refractivity contribution in [1.29, 1.82) is 0 Å². The Morgan fingerprint density at radius 3 is 2.39 bits per heavy atom. The van der Waals surface area contributed by atoms with Crippen LogP contribution >= 0.6 is 11.6 Å². The van der Waals surface area contributed by atoms with Gasteiger partial charge in [0.1, 0.15) is 18.4 Å². The van der Waals surface area contributed by atoms with Crippen LogP contribution in [0.2, 0.25) is 5.02 Å². The van der Waals surface area contributed by atoms with Gasteiger partial charge in [0.25, 0.3) is 0 Å². The molecular weight excluding hydrogens is 505 g/mol. The molecule has 0 radical (unpaired) electrons. The van der Waals surface area contributed by atoms with Gasteiger partial charge in [-0.3, -0.25) is 13.9 Å². The van der Waals surface area contributed by atoms with Gasteiger partial charge in [0.15, 0.2) is 0 Å². The quantitative estimate of drug-likeness (QED) is 0.493. The molecule has 0 saturated heterocycles. The predicted molar refractivity (Wildman–Crippen MR) is 140 cm³/mol. The van der Waals surface area contributed by atoms with Crippen molar-refractivity contribution in [3.63, 3.8) is 0 Å². The van der Waals surface area contributed by atoms with Gasteiger partial charge >= 0.3 is 0 Å². The summed E-state index contributed by atoms with van der Waals surface area (Å²) in [4.78, 5) is 28.0. The SMILES string of the molecule is C[C@H](C(=O)NC1CCCCC1)N(CCc1ccccc1)C(=O)CN(c1ccc(F)c(Cl)c1)S(C)(=O)=O. The minimum absolute atomic E-state index is 0.0690. The van der Waals surface area contributed by atoms with Crippen LogP contribution in [0.4, 0.5) is 10.1 Å². The summed E-state index contributed by atoms with van der Waals surface area (Å²) in [6, 6.07) is 12.3. The molecule has 1 N–H and O–H groups in total. The molecule has 1 aliphatic carbocycles. The highest BCUT2D eigenvalue weighted by molar-refractivity contribution is 7.92. The second kappa shape index (κ2) is 12.5. The van der Waals surface area contributed by atoms with Gasteiger partial charge in [0.05, 0.1) is 17.0 Å². The first-order valence-electron chi connectivity index (χ1n) is 12.1. The smallest absolute Gasteiger partial charge is 0.244 e. The lowest BCUT2D eigenvalue weighted by atomic mass is 9.95. The summed E-state index contributed by atoms with van der Waals surface area (Å²) in [6.45, 7) is 1.33. The number of rotatable bonds is 10. The molecule has 2 amide bonds. The first-order chi connectivity index (χ1) is 17.1. The van der Waals surface area contributed by atoms with E-state index in [-0.39, 0.29) is 29.2 Å². The van der Waals surface area contributed by atoms with Gasteiger partial charge in [0.2, 0.25) is 21.8 Å². The zero-order valence-corrected chi connectivity index (χ0v) is 22.2. The van der Waals surface area contributed by atoms with Crippen molar-refractivity contribution in [2.24, 2.45) is 0 Å². The van der Waals surface area contributed by atoms with E-state index in [2.05, 4.69) is 5.32 Å². The van der Waals surface area contributed by atoms with E-state index in [0.717, 1.165) is 54.3 Å². The lowest BCUT2D eigenvalue weighted by Gasteiger charge is -2.33. The molecule has 0 unspecified atom stereocenters.